The van der Waals surface area contributed by atoms with E-state index in [-0.39, 0.29) is 0 Å². The Bertz CT molecular complexity index is 322. The summed E-state index contributed by atoms with van der Waals surface area (Å²) in [6.45, 7) is 3.99. The van der Waals surface area contributed by atoms with Crippen molar-refractivity contribution in [2.45, 2.75) is 24.3 Å². The van der Waals surface area contributed by atoms with Gasteiger partial charge in [0.15, 0.2) is 0 Å². The minimum atomic E-state index is 0.414. The van der Waals surface area contributed by atoms with E-state index in [1.807, 2.05) is 17.8 Å². The van der Waals surface area contributed by atoms with Gasteiger partial charge in [0.05, 0.1) is 6.61 Å². The maximum atomic E-state index is 5.23. The van der Waals surface area contributed by atoms with Gasteiger partial charge in [0.2, 0.25) is 0 Å². The summed E-state index contributed by atoms with van der Waals surface area (Å²) in [6.07, 6.45) is 1.15. The van der Waals surface area contributed by atoms with Crippen molar-refractivity contribution in [3.63, 3.8) is 0 Å². The predicted molar refractivity (Wildman–Crippen MR) is 78.8 cm³/mol. The first kappa shape index (κ1) is 15.0. The molecule has 4 heteroatoms. The van der Waals surface area contributed by atoms with Crippen LogP contribution >= 0.6 is 27.7 Å². The van der Waals surface area contributed by atoms with Gasteiger partial charge in [-0.1, -0.05) is 19.1 Å². The molecule has 0 bridgehead atoms. The van der Waals surface area contributed by atoms with Gasteiger partial charge in [0.1, 0.15) is 0 Å². The number of rotatable bonds is 8. The number of halogens is 1. The normalized spacial score (nSPS) is 12.6. The second-order valence-corrected chi connectivity index (χ2v) is 5.76. The fourth-order valence-corrected chi connectivity index (χ4v) is 3.07. The smallest absolute Gasteiger partial charge is 0.0624 e. The third kappa shape index (κ3) is 5.91. The second-order valence-electron chi connectivity index (χ2n) is 3.85. The lowest BCUT2D eigenvalue weighted by Crippen LogP contribution is -2.35. The minimum Gasteiger partial charge on any atom is -0.383 e. The second kappa shape index (κ2) is 8.97. The molecule has 0 aliphatic carbocycles. The third-order valence-electron chi connectivity index (χ3n) is 2.33. The first-order chi connectivity index (χ1) is 8.27. The number of hydrogen-bond acceptors (Lipinski definition) is 3. The first-order valence-corrected chi connectivity index (χ1v) is 7.65. The SMILES string of the molecule is CCCNC(COC)CSc1ccccc1Br. The average molecular weight is 318 g/mol. The number of methoxy groups -OCH3 is 1. The number of ether oxygens (including phenoxy) is 1. The van der Waals surface area contributed by atoms with Crippen molar-refractivity contribution in [3.05, 3.63) is 28.7 Å². The fourth-order valence-electron chi connectivity index (χ4n) is 1.47. The van der Waals surface area contributed by atoms with Crippen molar-refractivity contribution < 1.29 is 4.74 Å². The molecule has 96 valence electrons. The van der Waals surface area contributed by atoms with Crippen LogP contribution in [0.15, 0.2) is 33.6 Å². The number of hydrogen-bond donors (Lipinski definition) is 1. The van der Waals surface area contributed by atoms with Crippen molar-refractivity contribution in [1.29, 1.82) is 0 Å². The molecule has 1 N–H and O–H groups in total. The standard InChI is InChI=1S/C13H20BrNOS/c1-3-8-15-11(9-16-2)10-17-13-7-5-4-6-12(13)14/h4-7,11,15H,3,8-10H2,1-2H3. The highest BCUT2D eigenvalue weighted by Gasteiger charge is 2.09. The molecule has 0 spiro atoms. The van der Waals surface area contributed by atoms with Gasteiger partial charge in [0, 0.05) is 28.3 Å². The molecule has 0 fully saturated rings. The summed E-state index contributed by atoms with van der Waals surface area (Å²) in [5.74, 6) is 1.02. The largest absolute Gasteiger partial charge is 0.383 e. The summed E-state index contributed by atoms with van der Waals surface area (Å²) in [4.78, 5) is 1.28. The van der Waals surface area contributed by atoms with E-state index >= 15 is 0 Å². The van der Waals surface area contributed by atoms with E-state index in [1.54, 1.807) is 7.11 Å². The maximum Gasteiger partial charge on any atom is 0.0624 e. The van der Waals surface area contributed by atoms with Crippen LogP contribution in [0.1, 0.15) is 13.3 Å². The van der Waals surface area contributed by atoms with E-state index in [2.05, 4.69) is 46.4 Å². The van der Waals surface area contributed by atoms with Gasteiger partial charge in [-0.2, -0.15) is 0 Å². The molecule has 0 saturated carbocycles. The van der Waals surface area contributed by atoms with Gasteiger partial charge in [-0.05, 0) is 41.0 Å². The van der Waals surface area contributed by atoms with Crippen LogP contribution in [0.3, 0.4) is 0 Å². The third-order valence-corrected chi connectivity index (χ3v) is 4.52. The van der Waals surface area contributed by atoms with Crippen LogP contribution in [-0.4, -0.2) is 32.1 Å². The summed E-state index contributed by atoms with van der Waals surface area (Å²) >= 11 is 5.42. The van der Waals surface area contributed by atoms with Gasteiger partial charge in [0.25, 0.3) is 0 Å². The maximum absolute atomic E-state index is 5.23. The number of thioether (sulfide) groups is 1. The first-order valence-electron chi connectivity index (χ1n) is 5.87. The van der Waals surface area contributed by atoms with Crippen LogP contribution in [0.4, 0.5) is 0 Å². The molecule has 1 atom stereocenters. The molecule has 0 saturated heterocycles. The molecule has 0 amide bonds. The number of benzene rings is 1. The zero-order valence-electron chi connectivity index (χ0n) is 10.4. The molecule has 1 aromatic carbocycles. The van der Waals surface area contributed by atoms with Crippen molar-refractivity contribution in [2.24, 2.45) is 0 Å². The Balaban J connectivity index is 2.42. The van der Waals surface area contributed by atoms with E-state index < -0.39 is 0 Å². The van der Waals surface area contributed by atoms with Crippen molar-refractivity contribution >= 4 is 27.7 Å². The Labute approximate surface area is 117 Å². The molecule has 0 heterocycles. The minimum absolute atomic E-state index is 0.414. The van der Waals surface area contributed by atoms with Gasteiger partial charge < -0.3 is 10.1 Å². The van der Waals surface area contributed by atoms with E-state index in [0.29, 0.717) is 6.04 Å². The zero-order chi connectivity index (χ0) is 12.5. The van der Waals surface area contributed by atoms with Crippen LogP contribution in [0, 0.1) is 0 Å². The highest BCUT2D eigenvalue weighted by atomic mass is 79.9. The summed E-state index contributed by atoms with van der Waals surface area (Å²) in [5.41, 5.74) is 0. The molecular weight excluding hydrogens is 298 g/mol. The molecular formula is C13H20BrNOS. The molecule has 0 radical (unpaired) electrons. The Morgan fingerprint density at radius 3 is 2.82 bits per heavy atom. The highest BCUT2D eigenvalue weighted by Crippen LogP contribution is 2.27. The van der Waals surface area contributed by atoms with E-state index in [4.69, 9.17) is 4.74 Å². The molecule has 17 heavy (non-hydrogen) atoms. The predicted octanol–water partition coefficient (Wildman–Crippen LogP) is 3.56. The van der Waals surface area contributed by atoms with E-state index in [0.717, 1.165) is 29.8 Å². The van der Waals surface area contributed by atoms with Crippen LogP contribution in [0.25, 0.3) is 0 Å². The molecule has 0 aliphatic heterocycles. The topological polar surface area (TPSA) is 21.3 Å². The molecule has 2 nitrogen and oxygen atoms in total. The fraction of sp³-hybridized carbons (Fsp3) is 0.538. The van der Waals surface area contributed by atoms with Crippen LogP contribution in [-0.2, 0) is 4.74 Å². The van der Waals surface area contributed by atoms with Gasteiger partial charge in [-0.25, -0.2) is 0 Å². The van der Waals surface area contributed by atoms with Crippen LogP contribution in [0.2, 0.25) is 0 Å². The lowest BCUT2D eigenvalue weighted by atomic mass is 10.3. The van der Waals surface area contributed by atoms with Crippen LogP contribution < -0.4 is 5.32 Å². The van der Waals surface area contributed by atoms with Crippen molar-refractivity contribution in [1.82, 2.24) is 5.32 Å². The van der Waals surface area contributed by atoms with E-state index in [1.165, 1.54) is 4.90 Å². The Morgan fingerprint density at radius 1 is 1.41 bits per heavy atom. The van der Waals surface area contributed by atoms with Crippen molar-refractivity contribution in [2.75, 3.05) is 26.0 Å². The zero-order valence-corrected chi connectivity index (χ0v) is 12.8. The van der Waals surface area contributed by atoms with Gasteiger partial charge in [-0.15, -0.1) is 11.8 Å². The lowest BCUT2D eigenvalue weighted by Gasteiger charge is -2.17. The average Bonchev–Trinajstić information content (AvgIpc) is 2.34. The lowest BCUT2D eigenvalue weighted by molar-refractivity contribution is 0.174. The molecule has 1 aromatic rings. The van der Waals surface area contributed by atoms with Crippen molar-refractivity contribution in [3.8, 4) is 0 Å². The monoisotopic (exact) mass is 317 g/mol. The molecule has 1 unspecified atom stereocenters. The van der Waals surface area contributed by atoms with E-state index in [9.17, 15) is 0 Å². The number of nitrogens with one attached hydrogen (secondary N) is 1. The molecule has 1 rings (SSSR count). The van der Waals surface area contributed by atoms with Gasteiger partial charge in [-0.3, -0.25) is 0 Å². The quantitative estimate of drug-likeness (QED) is 0.741. The molecule has 0 aromatic heterocycles. The summed E-state index contributed by atoms with van der Waals surface area (Å²) < 4.78 is 6.40. The Morgan fingerprint density at radius 2 is 2.18 bits per heavy atom. The molecule has 0 aliphatic rings. The van der Waals surface area contributed by atoms with Crippen LogP contribution in [0.5, 0.6) is 0 Å². The summed E-state index contributed by atoms with van der Waals surface area (Å²) in [6, 6.07) is 8.73. The summed E-state index contributed by atoms with van der Waals surface area (Å²) in [5, 5.41) is 3.50. The Kier molecular flexibility index (Phi) is 7.93. The Hall–Kier alpha value is -0.0300. The summed E-state index contributed by atoms with van der Waals surface area (Å²) in [7, 11) is 1.75. The van der Waals surface area contributed by atoms with Gasteiger partial charge >= 0.3 is 0 Å². The highest BCUT2D eigenvalue weighted by molar-refractivity contribution is 9.10.